The second-order valence-corrected chi connectivity index (χ2v) is 6.55. The quantitative estimate of drug-likeness (QED) is 0.521. The lowest BCUT2D eigenvalue weighted by Crippen LogP contribution is -2.17. The Morgan fingerprint density at radius 2 is 1.87 bits per heavy atom. The Morgan fingerprint density at radius 1 is 1.13 bits per heavy atom. The fourth-order valence-electron chi connectivity index (χ4n) is 2.84. The van der Waals surface area contributed by atoms with Crippen LogP contribution < -0.4 is 15.6 Å². The SMILES string of the molecule is C=Cc1cc(Oc2ccc(F)cc2C)c(C(=O)Nc2cc[nH]c(=O)c2)cc1C(F)(F)F. The molecule has 3 aromatic rings. The number of hydrogen-bond donors (Lipinski definition) is 2. The maximum Gasteiger partial charge on any atom is 0.417 e. The molecule has 0 saturated carbocycles. The number of aryl methyl sites for hydroxylation is 1. The Hall–Kier alpha value is -3.88. The van der Waals surface area contributed by atoms with Crippen molar-refractivity contribution >= 4 is 17.7 Å². The van der Waals surface area contributed by atoms with Gasteiger partial charge in [0.05, 0.1) is 11.1 Å². The van der Waals surface area contributed by atoms with Crippen molar-refractivity contribution in [1.29, 1.82) is 0 Å². The number of H-pyrrole nitrogens is 1. The molecule has 2 aromatic carbocycles. The number of nitrogens with one attached hydrogen (secondary N) is 2. The van der Waals surface area contributed by atoms with Gasteiger partial charge in [-0.25, -0.2) is 4.39 Å². The molecule has 0 radical (unpaired) electrons. The van der Waals surface area contributed by atoms with E-state index >= 15 is 0 Å². The highest BCUT2D eigenvalue weighted by atomic mass is 19.4. The fraction of sp³-hybridized carbons (Fsp3) is 0.0909. The van der Waals surface area contributed by atoms with Gasteiger partial charge in [-0.2, -0.15) is 13.2 Å². The molecular formula is C22H16F4N2O3. The van der Waals surface area contributed by atoms with Gasteiger partial charge in [0, 0.05) is 18.0 Å². The first-order valence-corrected chi connectivity index (χ1v) is 8.90. The van der Waals surface area contributed by atoms with E-state index in [0.717, 1.165) is 24.3 Å². The number of ether oxygens (including phenoxy) is 1. The zero-order valence-corrected chi connectivity index (χ0v) is 16.1. The van der Waals surface area contributed by atoms with Crippen molar-refractivity contribution in [3.63, 3.8) is 0 Å². The third-order valence-electron chi connectivity index (χ3n) is 4.31. The van der Waals surface area contributed by atoms with Crippen LogP contribution in [0.15, 0.2) is 60.0 Å². The molecule has 0 unspecified atom stereocenters. The maximum absolute atomic E-state index is 13.5. The number of aromatic amines is 1. The molecule has 0 fully saturated rings. The van der Waals surface area contributed by atoms with Gasteiger partial charge in [-0.3, -0.25) is 9.59 Å². The Kier molecular flexibility index (Phi) is 5.96. The van der Waals surface area contributed by atoms with Crippen LogP contribution in [0, 0.1) is 12.7 Å². The van der Waals surface area contributed by atoms with Crippen LogP contribution in [0.2, 0.25) is 0 Å². The van der Waals surface area contributed by atoms with Gasteiger partial charge in [0.15, 0.2) is 0 Å². The molecule has 5 nitrogen and oxygen atoms in total. The number of carbonyl (C=O) groups excluding carboxylic acids is 1. The largest absolute Gasteiger partial charge is 0.456 e. The van der Waals surface area contributed by atoms with Crippen molar-refractivity contribution in [1.82, 2.24) is 4.98 Å². The number of anilines is 1. The van der Waals surface area contributed by atoms with E-state index in [1.165, 1.54) is 24.4 Å². The molecule has 0 aliphatic rings. The summed E-state index contributed by atoms with van der Waals surface area (Å²) in [4.78, 5) is 26.6. The average Bonchev–Trinajstić information content (AvgIpc) is 2.68. The molecule has 0 aliphatic carbocycles. The minimum absolute atomic E-state index is 0.0824. The zero-order valence-electron chi connectivity index (χ0n) is 16.1. The highest BCUT2D eigenvalue weighted by Gasteiger charge is 2.35. The van der Waals surface area contributed by atoms with Crippen LogP contribution in [-0.4, -0.2) is 10.9 Å². The van der Waals surface area contributed by atoms with Gasteiger partial charge in [-0.15, -0.1) is 0 Å². The second-order valence-electron chi connectivity index (χ2n) is 6.55. The minimum atomic E-state index is -4.76. The van der Waals surface area contributed by atoms with E-state index in [9.17, 15) is 27.2 Å². The van der Waals surface area contributed by atoms with Gasteiger partial charge < -0.3 is 15.0 Å². The van der Waals surface area contributed by atoms with Crippen LogP contribution in [-0.2, 0) is 6.18 Å². The van der Waals surface area contributed by atoms with E-state index in [2.05, 4.69) is 16.9 Å². The van der Waals surface area contributed by atoms with Gasteiger partial charge in [-0.1, -0.05) is 12.7 Å². The van der Waals surface area contributed by atoms with Gasteiger partial charge in [-0.05, 0) is 54.4 Å². The second kappa shape index (κ2) is 8.47. The fourth-order valence-corrected chi connectivity index (χ4v) is 2.84. The summed E-state index contributed by atoms with van der Waals surface area (Å²) in [5.41, 5.74) is -1.85. The Balaban J connectivity index is 2.12. The van der Waals surface area contributed by atoms with Crippen molar-refractivity contribution < 1.29 is 27.1 Å². The zero-order chi connectivity index (χ0) is 22.8. The summed E-state index contributed by atoms with van der Waals surface area (Å²) in [5.74, 6) is -1.49. The number of amides is 1. The molecule has 9 heteroatoms. The van der Waals surface area contributed by atoms with Crippen LogP contribution >= 0.6 is 0 Å². The van der Waals surface area contributed by atoms with E-state index in [1.807, 2.05) is 0 Å². The molecular weight excluding hydrogens is 416 g/mol. The summed E-state index contributed by atoms with van der Waals surface area (Å²) < 4.78 is 59.6. The van der Waals surface area contributed by atoms with E-state index in [-0.39, 0.29) is 22.7 Å². The van der Waals surface area contributed by atoms with Crippen LogP contribution in [0.3, 0.4) is 0 Å². The van der Waals surface area contributed by atoms with Crippen LogP contribution in [0.25, 0.3) is 6.08 Å². The topological polar surface area (TPSA) is 71.2 Å². The minimum Gasteiger partial charge on any atom is -0.456 e. The lowest BCUT2D eigenvalue weighted by atomic mass is 10.0. The molecule has 3 rings (SSSR count). The highest BCUT2D eigenvalue weighted by Crippen LogP contribution is 2.38. The molecule has 31 heavy (non-hydrogen) atoms. The lowest BCUT2D eigenvalue weighted by molar-refractivity contribution is -0.137. The van der Waals surface area contributed by atoms with E-state index in [4.69, 9.17) is 4.74 Å². The van der Waals surface area contributed by atoms with Crippen molar-refractivity contribution in [3.05, 3.63) is 93.7 Å². The van der Waals surface area contributed by atoms with E-state index in [0.29, 0.717) is 11.6 Å². The number of halogens is 4. The third kappa shape index (κ3) is 5.00. The van der Waals surface area contributed by atoms with Crippen molar-refractivity contribution in [2.24, 2.45) is 0 Å². The summed E-state index contributed by atoms with van der Waals surface area (Å²) in [5, 5.41) is 2.37. The molecule has 0 atom stereocenters. The first-order chi connectivity index (χ1) is 14.6. The molecule has 0 saturated heterocycles. The van der Waals surface area contributed by atoms with Gasteiger partial charge in [0.25, 0.3) is 5.91 Å². The van der Waals surface area contributed by atoms with Crippen molar-refractivity contribution in [3.8, 4) is 11.5 Å². The summed E-state index contributed by atoms with van der Waals surface area (Å²) in [6, 6.07) is 7.73. The first-order valence-electron chi connectivity index (χ1n) is 8.90. The molecule has 1 amide bonds. The molecule has 0 bridgehead atoms. The number of benzene rings is 2. The van der Waals surface area contributed by atoms with Crippen LogP contribution in [0.4, 0.5) is 23.2 Å². The number of aromatic nitrogens is 1. The standard InChI is InChI=1S/C22H16F4N2O3/c1-3-13-9-19(31-18-5-4-14(23)8-12(18)2)16(11-17(13)22(24,25)26)21(30)28-15-6-7-27-20(29)10-15/h3-11H,1H2,2H3,(H2,27,28,29,30). The maximum atomic E-state index is 13.5. The van der Waals surface area contributed by atoms with Crippen molar-refractivity contribution in [2.75, 3.05) is 5.32 Å². The predicted molar refractivity (Wildman–Crippen MR) is 108 cm³/mol. The number of hydrogen-bond acceptors (Lipinski definition) is 3. The van der Waals surface area contributed by atoms with E-state index < -0.39 is 34.6 Å². The predicted octanol–water partition coefficient (Wildman–Crippen LogP) is 5.53. The van der Waals surface area contributed by atoms with Gasteiger partial charge in [0.1, 0.15) is 17.3 Å². The summed E-state index contributed by atoms with van der Waals surface area (Å²) in [7, 11) is 0. The molecule has 0 spiro atoms. The monoisotopic (exact) mass is 432 g/mol. The number of alkyl halides is 3. The Bertz CT molecular complexity index is 1220. The van der Waals surface area contributed by atoms with E-state index in [1.54, 1.807) is 6.92 Å². The third-order valence-corrected chi connectivity index (χ3v) is 4.31. The van der Waals surface area contributed by atoms with Crippen LogP contribution in [0.5, 0.6) is 11.5 Å². The number of pyridine rings is 1. The lowest BCUT2D eigenvalue weighted by Gasteiger charge is -2.18. The molecule has 1 aromatic heterocycles. The van der Waals surface area contributed by atoms with Crippen LogP contribution in [0.1, 0.15) is 27.0 Å². The summed E-state index contributed by atoms with van der Waals surface area (Å²) >= 11 is 0. The van der Waals surface area contributed by atoms with Gasteiger partial charge >= 0.3 is 6.18 Å². The number of rotatable bonds is 5. The summed E-state index contributed by atoms with van der Waals surface area (Å²) in [6.45, 7) is 4.94. The average molecular weight is 432 g/mol. The Morgan fingerprint density at radius 3 is 2.48 bits per heavy atom. The Labute approximate surface area is 174 Å². The normalized spacial score (nSPS) is 11.1. The molecule has 1 heterocycles. The molecule has 2 N–H and O–H groups in total. The number of carbonyl (C=O) groups is 1. The van der Waals surface area contributed by atoms with Crippen molar-refractivity contribution in [2.45, 2.75) is 13.1 Å². The van der Waals surface area contributed by atoms with Gasteiger partial charge in [0.2, 0.25) is 5.56 Å². The smallest absolute Gasteiger partial charge is 0.417 e. The molecule has 160 valence electrons. The highest BCUT2D eigenvalue weighted by molar-refractivity contribution is 6.06. The first kappa shape index (κ1) is 21.8. The molecule has 0 aliphatic heterocycles. The summed E-state index contributed by atoms with van der Waals surface area (Å²) in [6.07, 6.45) is -2.49.